The number of Topliss-reactive ketones (excluding diaryl/α,β-unsaturated/α-hetero) is 6. The summed E-state index contributed by atoms with van der Waals surface area (Å²) in [5, 5.41) is 43.6. The van der Waals surface area contributed by atoms with Crippen molar-refractivity contribution in [3.8, 4) is 0 Å². The lowest BCUT2D eigenvalue weighted by atomic mass is 9.68. The molecule has 0 heterocycles. The second kappa shape index (κ2) is 45.4. The number of hydrogen-bond donors (Lipinski definition) is 6. The van der Waals surface area contributed by atoms with Crippen molar-refractivity contribution in [2.75, 3.05) is 0 Å². The summed E-state index contributed by atoms with van der Waals surface area (Å²) >= 11 is 3.40. The Labute approximate surface area is 733 Å². The predicted octanol–water partition coefficient (Wildman–Crippen LogP) is 21.4. The van der Waals surface area contributed by atoms with Crippen LogP contribution in [0.25, 0.3) is 0 Å². The number of ether oxygens (including phenoxy) is 1. The molecule has 0 aromatic heterocycles. The number of alkyl carbamates (subject to hydrolysis) is 1. The minimum Gasteiger partial charge on any atom is -0.444 e. The summed E-state index contributed by atoms with van der Waals surface area (Å²) in [6.45, 7) is 23.5. The number of nitro groups is 1. The molecule has 8 N–H and O–H groups in total. The molecule has 7 aliphatic carbocycles. The fourth-order valence-corrected chi connectivity index (χ4v) is 18.9. The zero-order valence-corrected chi connectivity index (χ0v) is 75.7. The van der Waals surface area contributed by atoms with Gasteiger partial charge < -0.3 is 36.8 Å². The molecule has 8 aromatic rings. The first-order valence-electron chi connectivity index (χ1n) is 44.1. The number of halogens is 1. The van der Waals surface area contributed by atoms with Gasteiger partial charge in [0.05, 0.1) is 11.5 Å². The monoisotopic (exact) mass is 1720 g/mol. The van der Waals surface area contributed by atoms with E-state index in [2.05, 4.69) is 84.5 Å². The van der Waals surface area contributed by atoms with E-state index in [4.69, 9.17) is 16.2 Å². The minimum atomic E-state index is -1.50. The molecule has 654 valence electrons. The maximum Gasteiger partial charge on any atom is 0.408 e. The molecule has 0 saturated heterocycles. The van der Waals surface area contributed by atoms with Gasteiger partial charge in [-0.3, -0.25) is 38.9 Å². The molecule has 7 fully saturated rings. The molecule has 1 amide bonds. The van der Waals surface area contributed by atoms with Crippen molar-refractivity contribution in [3.05, 3.63) is 292 Å². The first-order chi connectivity index (χ1) is 58.0. The smallest absolute Gasteiger partial charge is 0.408 e. The lowest BCUT2D eigenvalue weighted by molar-refractivity contribution is -0.563. The summed E-state index contributed by atoms with van der Waals surface area (Å²) in [5.41, 5.74) is 23.1. The van der Waals surface area contributed by atoms with Crippen LogP contribution < -0.4 is 16.8 Å². The Kier molecular flexibility index (Phi) is 36.5. The molecule has 0 bridgehead atoms. The van der Waals surface area contributed by atoms with Crippen LogP contribution >= 0.6 is 15.9 Å². The third-order valence-corrected chi connectivity index (χ3v) is 26.5. The highest BCUT2D eigenvalue weighted by molar-refractivity contribution is 9.10. The molecule has 122 heavy (non-hydrogen) atoms. The number of nitrogens with two attached hydrogens (primary N) is 2. The van der Waals surface area contributed by atoms with E-state index >= 15 is 0 Å². The van der Waals surface area contributed by atoms with Gasteiger partial charge in [-0.2, -0.15) is 0 Å². The maximum atomic E-state index is 12.7. The van der Waals surface area contributed by atoms with Crippen molar-refractivity contribution in [2.24, 2.45) is 11.5 Å². The van der Waals surface area contributed by atoms with E-state index in [0.29, 0.717) is 68.6 Å². The van der Waals surface area contributed by atoms with Gasteiger partial charge in [0.15, 0.2) is 23.1 Å². The Morgan fingerprint density at radius 1 is 0.426 bits per heavy atom. The van der Waals surface area contributed by atoms with Crippen molar-refractivity contribution in [3.63, 3.8) is 0 Å². The molecule has 15 rings (SSSR count). The molecule has 7 aliphatic rings. The summed E-state index contributed by atoms with van der Waals surface area (Å²) < 4.78 is 6.55. The Bertz CT molecular complexity index is 4780. The van der Waals surface area contributed by atoms with Crippen LogP contribution in [0.4, 0.5) is 4.79 Å². The molecule has 10 atom stereocenters. The number of rotatable bonds is 9. The van der Waals surface area contributed by atoms with Crippen LogP contribution in [0.1, 0.15) is 290 Å². The van der Waals surface area contributed by atoms with E-state index in [1.54, 1.807) is 12.1 Å². The molecule has 0 radical (unpaired) electrons. The Hall–Kier alpha value is -9.27. The molecular weight excluding hydrogens is 1590 g/mol. The van der Waals surface area contributed by atoms with Crippen LogP contribution in [0.2, 0.25) is 0 Å². The van der Waals surface area contributed by atoms with Crippen LogP contribution in [-0.2, 0) is 61.1 Å². The van der Waals surface area contributed by atoms with Crippen LogP contribution in [-0.4, -0.2) is 84.9 Å². The number of nitrogens with zero attached hydrogens (tertiary/aromatic N) is 1. The number of carbonyl (C=O) groups excluding carboxylic acids is 7. The average Bonchev–Trinajstić information content (AvgIpc) is 0.773. The molecule has 17 nitrogen and oxygen atoms in total. The van der Waals surface area contributed by atoms with E-state index in [-0.39, 0.29) is 40.9 Å². The molecule has 8 aromatic carbocycles. The lowest BCUT2D eigenvalue weighted by Crippen LogP contribution is -2.54. The van der Waals surface area contributed by atoms with Crippen molar-refractivity contribution < 1.29 is 58.5 Å². The predicted molar refractivity (Wildman–Crippen MR) is 490 cm³/mol. The van der Waals surface area contributed by atoms with E-state index in [1.807, 2.05) is 202 Å². The lowest BCUT2D eigenvalue weighted by Gasteiger charge is -2.38. The summed E-state index contributed by atoms with van der Waals surface area (Å²) in [6, 6.07) is 63.2. The fourth-order valence-electron chi connectivity index (χ4n) is 18.6. The zero-order valence-electron chi connectivity index (χ0n) is 74.2. The van der Waals surface area contributed by atoms with E-state index in [0.717, 1.165) is 146 Å². The Balaban J connectivity index is 0.000000175. The number of aryl methyl sites for hydroxylation is 8. The highest BCUT2D eigenvalue weighted by Gasteiger charge is 2.54. The number of nitrogens with one attached hydrogen (secondary N) is 1. The van der Waals surface area contributed by atoms with Gasteiger partial charge in [-0.15, -0.1) is 0 Å². The molecule has 0 aliphatic heterocycles. The Morgan fingerprint density at radius 3 is 1.30 bits per heavy atom. The summed E-state index contributed by atoms with van der Waals surface area (Å²) in [6.07, 6.45) is 19.1. The van der Waals surface area contributed by atoms with Crippen molar-refractivity contribution >= 4 is 56.7 Å². The maximum absolute atomic E-state index is 12.7. The molecular formula is C104H133BrN4O13. The van der Waals surface area contributed by atoms with Gasteiger partial charge in [0.1, 0.15) is 40.2 Å². The SMILES string of the molecule is Cc1ccccc1Br.Cc1ccccc1C1(C)CCCC(O)C1=O.Cc1ccccc1C1(N)CCCC(O)C1=O.Cc1ccccc1C1(N)CCCCC1=O.Cc1ccccc1C1(NC(=O)OC(C)(C)C)CCCCC1=O.Cc1ccccc1C1([N+](=O)[O-])CCCCC1=O.Cc1ccccc1C1CCCCC1=O.Cc1ccccc1C1CCCCC1O. The number of ketones is 6. The van der Waals surface area contributed by atoms with Gasteiger partial charge in [-0.05, 0) is 276 Å². The summed E-state index contributed by atoms with van der Waals surface area (Å²) in [5.74, 6) is 0.756. The van der Waals surface area contributed by atoms with Crippen molar-refractivity contribution in [2.45, 2.75) is 313 Å². The number of aliphatic hydroxyl groups excluding tert-OH is 3. The second-order valence-corrected chi connectivity index (χ2v) is 36.5. The molecule has 7 saturated carbocycles. The highest BCUT2D eigenvalue weighted by atomic mass is 79.9. The number of hydrogen-bond acceptors (Lipinski definition) is 15. The molecule has 0 spiro atoms. The standard InChI is InChI=1S/C18H25NO3.C14H18O2.C13H15NO3.C13H17NO2.C13H17NO.C13H18O.C13H16O.C7H7Br/c1-13-9-5-6-10-14(13)18(12-8-7-11-15(18)20)19-16(21)22-17(2,3)4;1-10-6-3-4-7-11(10)14(2)9-5-8-12(15)13(14)16;1-10-6-2-3-7-11(10)13(14(16)17)9-5-4-8-12(13)15;1-9-5-2-3-6-10(9)13(14)8-4-7-11(15)12(13)16;1-10-6-2-3-7-11(10)13(14)9-5-4-8-12(13)15;2*1-10-6-2-3-7-11(10)12-8-4-5-9-13(12)14;1-6-4-2-3-5-7(6)8/h5-6,9-10H,7-8,11-12H2,1-4H3,(H,19,21);3-4,6-7,12,15H,5,8-9H2,1-2H3;2-3,6-7H,4-5,8-9H2,1H3;2-3,5-6,11,15H,4,7-8,14H2,1H3;2-3,6-7H,4-5,8-9,14H2,1H3;2-3,6-7,12-14H,4-5,8-9H2,1H3;2-3,6-7,12H,4-5,8-9H2,1H3;2-5H,1H3. The van der Waals surface area contributed by atoms with Gasteiger partial charge in [0.25, 0.3) is 0 Å². The normalized spacial score (nSPS) is 25.0. The zero-order chi connectivity index (χ0) is 89.2. The summed E-state index contributed by atoms with van der Waals surface area (Å²) in [4.78, 5) is 95.9. The van der Waals surface area contributed by atoms with E-state index in [9.17, 15) is 59.0 Å². The van der Waals surface area contributed by atoms with Crippen molar-refractivity contribution in [1.82, 2.24) is 5.32 Å². The van der Waals surface area contributed by atoms with Gasteiger partial charge in [0.2, 0.25) is 5.78 Å². The fraction of sp³-hybridized carbons (Fsp3) is 0.471. The van der Waals surface area contributed by atoms with Gasteiger partial charge in [-0.1, -0.05) is 230 Å². The number of amides is 1. The van der Waals surface area contributed by atoms with E-state index in [1.165, 1.54) is 51.6 Å². The second-order valence-electron chi connectivity index (χ2n) is 35.6. The highest BCUT2D eigenvalue weighted by Crippen LogP contribution is 2.43. The third kappa shape index (κ3) is 25.0. The van der Waals surface area contributed by atoms with E-state index < -0.39 is 56.4 Å². The van der Waals surface area contributed by atoms with Crippen LogP contribution in [0.5, 0.6) is 0 Å². The largest absolute Gasteiger partial charge is 0.444 e. The number of carbonyl (C=O) groups is 7. The average molecular weight is 1730 g/mol. The van der Waals surface area contributed by atoms with Crippen LogP contribution in [0.3, 0.4) is 0 Å². The minimum absolute atomic E-state index is 0.0203. The van der Waals surface area contributed by atoms with Gasteiger partial charge in [-0.25, -0.2) is 4.79 Å². The molecule has 10 unspecified atom stereocenters. The van der Waals surface area contributed by atoms with Gasteiger partial charge in [0, 0.05) is 58.9 Å². The quantitative estimate of drug-likeness (QED) is 0.0578. The topological polar surface area (TPSA) is 297 Å². The number of aliphatic hydroxyl groups is 3. The van der Waals surface area contributed by atoms with Crippen LogP contribution in [0, 0.1) is 65.5 Å². The van der Waals surface area contributed by atoms with Crippen molar-refractivity contribution in [1.29, 1.82) is 0 Å². The first kappa shape index (κ1) is 98.2. The third-order valence-electron chi connectivity index (χ3n) is 25.6. The van der Waals surface area contributed by atoms with Crippen LogP contribution in [0.15, 0.2) is 199 Å². The molecule has 18 heteroatoms. The Morgan fingerprint density at radius 2 is 0.828 bits per heavy atom. The van der Waals surface area contributed by atoms with Gasteiger partial charge >= 0.3 is 11.6 Å². The summed E-state index contributed by atoms with van der Waals surface area (Å²) in [7, 11) is 0. The number of benzene rings is 8. The first-order valence-corrected chi connectivity index (χ1v) is 44.9.